The van der Waals surface area contributed by atoms with Crippen LogP contribution in [0.2, 0.25) is 0 Å². The zero-order valence-corrected chi connectivity index (χ0v) is 10.4. The van der Waals surface area contributed by atoms with Crippen LogP contribution in [0.15, 0.2) is 12.2 Å². The second-order valence-electron chi connectivity index (χ2n) is 5.57. The Bertz CT molecular complexity index is 473. The molecular formula is C12H14O7. The lowest BCUT2D eigenvalue weighted by Gasteiger charge is -2.26. The predicted octanol–water partition coefficient (Wildman–Crippen LogP) is -0.568. The molecule has 3 saturated heterocycles. The molecule has 1 spiro atoms. The van der Waals surface area contributed by atoms with Crippen LogP contribution in [-0.2, 0) is 28.5 Å². The van der Waals surface area contributed by atoms with Crippen LogP contribution < -0.4 is 0 Å². The standard InChI is InChI=1S/C12H14O7/c1-11(2)17-8-6-7(15-10(8)19-11)9(14)12(18-6)4-3-5(13)16-12/h3-4,6-10,14H,1-2H3/t6-,7-,8+,9-,10+,12-/m0/s1. The maximum absolute atomic E-state index is 11.2. The van der Waals surface area contributed by atoms with Crippen LogP contribution in [0.4, 0.5) is 0 Å². The quantitative estimate of drug-likeness (QED) is 0.590. The highest BCUT2D eigenvalue weighted by Crippen LogP contribution is 2.48. The Kier molecular flexibility index (Phi) is 2.09. The first kappa shape index (κ1) is 11.8. The summed E-state index contributed by atoms with van der Waals surface area (Å²) in [5, 5.41) is 10.3. The molecule has 0 bridgehead atoms. The second kappa shape index (κ2) is 3.36. The van der Waals surface area contributed by atoms with Gasteiger partial charge in [-0.25, -0.2) is 4.79 Å². The minimum absolute atomic E-state index is 0.443. The van der Waals surface area contributed by atoms with Crippen molar-refractivity contribution >= 4 is 5.97 Å². The monoisotopic (exact) mass is 270 g/mol. The summed E-state index contributed by atoms with van der Waals surface area (Å²) in [4.78, 5) is 11.2. The third-order valence-corrected chi connectivity index (χ3v) is 3.78. The maximum atomic E-state index is 11.2. The van der Waals surface area contributed by atoms with E-state index in [1.54, 1.807) is 13.8 Å². The van der Waals surface area contributed by atoms with Crippen LogP contribution >= 0.6 is 0 Å². The number of carbonyl (C=O) groups is 1. The van der Waals surface area contributed by atoms with Crippen LogP contribution in [0, 0.1) is 0 Å². The van der Waals surface area contributed by atoms with Crippen LogP contribution in [-0.4, -0.2) is 53.4 Å². The molecule has 6 atom stereocenters. The lowest BCUT2D eigenvalue weighted by Crippen LogP contribution is -2.44. The molecule has 4 heterocycles. The molecule has 3 fully saturated rings. The van der Waals surface area contributed by atoms with Crippen LogP contribution in [0.1, 0.15) is 13.8 Å². The summed E-state index contributed by atoms with van der Waals surface area (Å²) in [6.45, 7) is 3.56. The topological polar surface area (TPSA) is 83.5 Å². The van der Waals surface area contributed by atoms with Crippen LogP contribution in [0.3, 0.4) is 0 Å². The minimum Gasteiger partial charge on any atom is -0.423 e. The van der Waals surface area contributed by atoms with Gasteiger partial charge in [0.05, 0.1) is 0 Å². The van der Waals surface area contributed by atoms with Crippen molar-refractivity contribution in [2.75, 3.05) is 0 Å². The van der Waals surface area contributed by atoms with Gasteiger partial charge in [0, 0.05) is 6.08 Å². The number of aliphatic hydroxyl groups excluding tert-OH is 1. The first-order chi connectivity index (χ1) is 8.90. The number of rotatable bonds is 0. The molecule has 0 radical (unpaired) electrons. The normalized spacial score (nSPS) is 53.6. The summed E-state index contributed by atoms with van der Waals surface area (Å²) in [5.74, 6) is -2.75. The van der Waals surface area contributed by atoms with Crippen molar-refractivity contribution in [1.82, 2.24) is 0 Å². The summed E-state index contributed by atoms with van der Waals surface area (Å²) in [6.07, 6.45) is -0.630. The van der Waals surface area contributed by atoms with E-state index in [-0.39, 0.29) is 0 Å². The molecule has 0 amide bonds. The summed E-state index contributed by atoms with van der Waals surface area (Å²) < 4.78 is 27.7. The zero-order chi connectivity index (χ0) is 13.4. The van der Waals surface area contributed by atoms with Gasteiger partial charge in [0.2, 0.25) is 0 Å². The van der Waals surface area contributed by atoms with E-state index in [9.17, 15) is 9.90 Å². The highest BCUT2D eigenvalue weighted by molar-refractivity contribution is 5.85. The fourth-order valence-corrected chi connectivity index (χ4v) is 3.04. The molecular weight excluding hydrogens is 256 g/mol. The van der Waals surface area contributed by atoms with Crippen molar-refractivity contribution in [2.45, 2.75) is 56.1 Å². The van der Waals surface area contributed by atoms with Crippen molar-refractivity contribution in [3.05, 3.63) is 12.2 Å². The molecule has 0 aromatic heterocycles. The van der Waals surface area contributed by atoms with E-state index in [2.05, 4.69) is 0 Å². The number of fused-ring (bicyclic) bond motifs is 3. The Labute approximate surface area is 109 Å². The number of aliphatic hydroxyl groups is 1. The van der Waals surface area contributed by atoms with Gasteiger partial charge in [0.25, 0.3) is 5.79 Å². The van der Waals surface area contributed by atoms with Crippen molar-refractivity contribution in [3.8, 4) is 0 Å². The molecule has 0 saturated carbocycles. The minimum atomic E-state index is -1.45. The lowest BCUT2D eigenvalue weighted by molar-refractivity contribution is -0.228. The molecule has 0 unspecified atom stereocenters. The van der Waals surface area contributed by atoms with Gasteiger partial charge in [0.1, 0.15) is 18.3 Å². The molecule has 0 aromatic carbocycles. The first-order valence-corrected chi connectivity index (χ1v) is 6.19. The molecule has 4 rings (SSSR count). The van der Waals surface area contributed by atoms with Gasteiger partial charge in [-0.1, -0.05) is 0 Å². The SMILES string of the molecule is CC1(C)O[C@H]2O[C@H]3[C@H](O[C@@]4(C=CC(=O)O4)[C@H]3O)[C@H]2O1. The Morgan fingerprint density at radius 2 is 1.95 bits per heavy atom. The van der Waals surface area contributed by atoms with Gasteiger partial charge >= 0.3 is 5.97 Å². The summed E-state index contributed by atoms with van der Waals surface area (Å²) in [6, 6.07) is 0. The average molecular weight is 270 g/mol. The molecule has 4 aliphatic rings. The summed E-state index contributed by atoms with van der Waals surface area (Å²) in [5.41, 5.74) is 0. The first-order valence-electron chi connectivity index (χ1n) is 6.19. The van der Waals surface area contributed by atoms with Crippen molar-refractivity contribution in [2.24, 2.45) is 0 Å². The van der Waals surface area contributed by atoms with Crippen LogP contribution in [0.25, 0.3) is 0 Å². The fraction of sp³-hybridized carbons (Fsp3) is 0.750. The summed E-state index contributed by atoms with van der Waals surface area (Å²) >= 11 is 0. The Morgan fingerprint density at radius 3 is 2.63 bits per heavy atom. The van der Waals surface area contributed by atoms with Crippen molar-refractivity contribution in [1.29, 1.82) is 0 Å². The van der Waals surface area contributed by atoms with Crippen molar-refractivity contribution in [3.63, 3.8) is 0 Å². The average Bonchev–Trinajstić information content (AvgIpc) is 2.97. The van der Waals surface area contributed by atoms with Gasteiger partial charge < -0.3 is 28.8 Å². The van der Waals surface area contributed by atoms with Gasteiger partial charge in [-0.2, -0.15) is 0 Å². The van der Waals surface area contributed by atoms with E-state index < -0.39 is 48.2 Å². The van der Waals surface area contributed by atoms with Gasteiger partial charge in [-0.15, -0.1) is 0 Å². The lowest BCUT2D eigenvalue weighted by atomic mass is 10.0. The van der Waals surface area contributed by atoms with Crippen molar-refractivity contribution < 1.29 is 33.6 Å². The number of carbonyl (C=O) groups excluding carboxylic acids is 1. The molecule has 104 valence electrons. The third kappa shape index (κ3) is 1.47. The predicted molar refractivity (Wildman–Crippen MR) is 57.5 cm³/mol. The second-order valence-corrected chi connectivity index (χ2v) is 5.57. The summed E-state index contributed by atoms with van der Waals surface area (Å²) in [7, 11) is 0. The van der Waals surface area contributed by atoms with Gasteiger partial charge in [-0.05, 0) is 19.9 Å². The van der Waals surface area contributed by atoms with Crippen LogP contribution in [0.5, 0.6) is 0 Å². The van der Waals surface area contributed by atoms with E-state index >= 15 is 0 Å². The van der Waals surface area contributed by atoms with E-state index in [1.807, 2.05) is 0 Å². The number of hydrogen-bond acceptors (Lipinski definition) is 7. The number of ether oxygens (including phenoxy) is 5. The van der Waals surface area contributed by atoms with E-state index in [4.69, 9.17) is 23.7 Å². The smallest absolute Gasteiger partial charge is 0.333 e. The molecule has 0 aromatic rings. The highest BCUT2D eigenvalue weighted by Gasteiger charge is 2.68. The van der Waals surface area contributed by atoms with E-state index in [0.29, 0.717) is 0 Å². The molecule has 4 aliphatic heterocycles. The van der Waals surface area contributed by atoms with E-state index in [1.165, 1.54) is 12.2 Å². The zero-order valence-electron chi connectivity index (χ0n) is 10.4. The highest BCUT2D eigenvalue weighted by atomic mass is 16.9. The molecule has 19 heavy (non-hydrogen) atoms. The fourth-order valence-electron chi connectivity index (χ4n) is 3.04. The number of hydrogen-bond donors (Lipinski definition) is 1. The Hall–Kier alpha value is -0.990. The van der Waals surface area contributed by atoms with E-state index in [0.717, 1.165) is 0 Å². The third-order valence-electron chi connectivity index (χ3n) is 3.78. The van der Waals surface area contributed by atoms with Gasteiger partial charge in [-0.3, -0.25) is 0 Å². The Morgan fingerprint density at radius 1 is 1.16 bits per heavy atom. The molecule has 7 heteroatoms. The van der Waals surface area contributed by atoms with Gasteiger partial charge in [0.15, 0.2) is 18.2 Å². The Balaban J connectivity index is 1.61. The molecule has 7 nitrogen and oxygen atoms in total. The molecule has 0 aliphatic carbocycles. The molecule has 1 N–H and O–H groups in total. The number of esters is 1. The maximum Gasteiger partial charge on any atom is 0.333 e. The largest absolute Gasteiger partial charge is 0.423 e.